The minimum absolute atomic E-state index is 0.152. The normalized spacial score (nSPS) is 13.4. The first-order valence-corrected chi connectivity index (χ1v) is 9.63. The van der Waals surface area contributed by atoms with E-state index >= 15 is 0 Å². The van der Waals surface area contributed by atoms with Crippen molar-refractivity contribution < 1.29 is 4.79 Å². The molecule has 1 aliphatic heterocycles. The Labute approximate surface area is 165 Å². The van der Waals surface area contributed by atoms with E-state index in [0.717, 1.165) is 30.0 Å². The third-order valence-electron chi connectivity index (χ3n) is 4.91. The number of carbonyl (C=O) groups excluding carboxylic acids is 1. The number of rotatable bonds is 5. The Kier molecular flexibility index (Phi) is 5.24. The van der Waals surface area contributed by atoms with Gasteiger partial charge in [0, 0.05) is 41.9 Å². The van der Waals surface area contributed by atoms with Crippen LogP contribution in [0.25, 0.3) is 0 Å². The molecule has 2 N–H and O–H groups in total. The summed E-state index contributed by atoms with van der Waals surface area (Å²) in [5.41, 5.74) is 4.66. The molecule has 142 valence electrons. The first kappa shape index (κ1) is 18.0. The molecule has 1 aromatic heterocycles. The zero-order chi connectivity index (χ0) is 19.3. The molecule has 3 aromatic rings. The molecular formula is C23H24N4O. The molecule has 0 radical (unpaired) electrons. The van der Waals surface area contributed by atoms with Crippen molar-refractivity contribution in [1.29, 1.82) is 0 Å². The third-order valence-corrected chi connectivity index (χ3v) is 4.91. The molecule has 2 heterocycles. The molecule has 0 bridgehead atoms. The lowest BCUT2D eigenvalue weighted by atomic mass is 10.2. The summed E-state index contributed by atoms with van der Waals surface area (Å²) >= 11 is 0. The van der Waals surface area contributed by atoms with E-state index in [1.54, 1.807) is 18.3 Å². The largest absolute Gasteiger partial charge is 0.372 e. The van der Waals surface area contributed by atoms with Crippen LogP contribution in [0.3, 0.4) is 0 Å². The Balaban J connectivity index is 1.44. The van der Waals surface area contributed by atoms with Gasteiger partial charge in [-0.2, -0.15) is 0 Å². The van der Waals surface area contributed by atoms with Crippen LogP contribution in [0.15, 0.2) is 66.9 Å². The van der Waals surface area contributed by atoms with Crippen molar-refractivity contribution in [3.05, 3.63) is 78.0 Å². The highest BCUT2D eigenvalue weighted by atomic mass is 16.1. The van der Waals surface area contributed by atoms with Gasteiger partial charge in [-0.15, -0.1) is 0 Å². The lowest BCUT2D eigenvalue weighted by Gasteiger charge is -2.18. The number of anilines is 4. The molecule has 4 rings (SSSR count). The van der Waals surface area contributed by atoms with Crippen molar-refractivity contribution >= 4 is 28.8 Å². The molecule has 1 amide bonds. The molecule has 28 heavy (non-hydrogen) atoms. The van der Waals surface area contributed by atoms with Crippen molar-refractivity contribution in [3.8, 4) is 0 Å². The van der Waals surface area contributed by atoms with Crippen LogP contribution in [-0.2, 0) is 0 Å². The van der Waals surface area contributed by atoms with E-state index in [2.05, 4.69) is 44.8 Å². The van der Waals surface area contributed by atoms with Gasteiger partial charge in [0.05, 0.1) is 0 Å². The number of hydrogen-bond donors (Lipinski definition) is 2. The molecular weight excluding hydrogens is 348 g/mol. The summed E-state index contributed by atoms with van der Waals surface area (Å²) in [7, 11) is 0. The second kappa shape index (κ2) is 8.13. The molecule has 1 fully saturated rings. The Morgan fingerprint density at radius 3 is 2.50 bits per heavy atom. The lowest BCUT2D eigenvalue weighted by molar-refractivity contribution is 0.102. The quantitative estimate of drug-likeness (QED) is 0.663. The lowest BCUT2D eigenvalue weighted by Crippen LogP contribution is -2.17. The van der Waals surface area contributed by atoms with Gasteiger partial charge >= 0.3 is 0 Å². The van der Waals surface area contributed by atoms with E-state index in [1.165, 1.54) is 18.5 Å². The summed E-state index contributed by atoms with van der Waals surface area (Å²) < 4.78 is 0. The fourth-order valence-electron chi connectivity index (χ4n) is 3.45. The zero-order valence-electron chi connectivity index (χ0n) is 16.0. The first-order valence-electron chi connectivity index (χ1n) is 9.63. The number of amides is 1. The predicted molar refractivity (Wildman–Crippen MR) is 115 cm³/mol. The Bertz CT molecular complexity index is 962. The maximum Gasteiger partial charge on any atom is 0.255 e. The number of hydrogen-bond acceptors (Lipinski definition) is 4. The molecule has 0 unspecified atom stereocenters. The van der Waals surface area contributed by atoms with Gasteiger partial charge in [-0.25, -0.2) is 4.98 Å². The van der Waals surface area contributed by atoms with Crippen LogP contribution in [0.2, 0.25) is 0 Å². The first-order chi connectivity index (χ1) is 13.7. The number of pyridine rings is 1. The number of carbonyl (C=O) groups is 1. The topological polar surface area (TPSA) is 57.3 Å². The number of aromatic nitrogens is 1. The van der Waals surface area contributed by atoms with Crippen LogP contribution < -0.4 is 15.5 Å². The van der Waals surface area contributed by atoms with Crippen LogP contribution in [0.5, 0.6) is 0 Å². The molecule has 5 nitrogen and oxygen atoms in total. The van der Waals surface area contributed by atoms with Crippen molar-refractivity contribution in [1.82, 2.24) is 4.98 Å². The maximum absolute atomic E-state index is 12.5. The average molecular weight is 372 g/mol. The van der Waals surface area contributed by atoms with Crippen LogP contribution in [0.1, 0.15) is 28.8 Å². The molecule has 2 aromatic carbocycles. The fourth-order valence-corrected chi connectivity index (χ4v) is 3.45. The molecule has 0 atom stereocenters. The predicted octanol–water partition coefficient (Wildman–Crippen LogP) is 4.99. The van der Waals surface area contributed by atoms with Crippen molar-refractivity contribution in [3.63, 3.8) is 0 Å². The molecule has 1 saturated heterocycles. The van der Waals surface area contributed by atoms with Crippen molar-refractivity contribution in [2.45, 2.75) is 19.8 Å². The van der Waals surface area contributed by atoms with Gasteiger partial charge in [0.2, 0.25) is 0 Å². The molecule has 0 aliphatic carbocycles. The minimum atomic E-state index is -0.152. The summed E-state index contributed by atoms with van der Waals surface area (Å²) in [6.45, 7) is 4.26. The molecule has 5 heteroatoms. The number of nitrogens with one attached hydrogen (secondary N) is 2. The summed E-state index contributed by atoms with van der Waals surface area (Å²) in [6, 6.07) is 19.6. The van der Waals surface area contributed by atoms with Gasteiger partial charge in [-0.1, -0.05) is 12.1 Å². The monoisotopic (exact) mass is 372 g/mol. The average Bonchev–Trinajstić information content (AvgIpc) is 3.24. The molecule has 1 aliphatic rings. The Hall–Kier alpha value is -3.34. The maximum atomic E-state index is 12.5. The zero-order valence-corrected chi connectivity index (χ0v) is 16.0. The summed E-state index contributed by atoms with van der Waals surface area (Å²) in [6.07, 6.45) is 4.18. The van der Waals surface area contributed by atoms with Gasteiger partial charge in [-0.3, -0.25) is 4.79 Å². The summed E-state index contributed by atoms with van der Waals surface area (Å²) in [5, 5.41) is 6.21. The fraction of sp³-hybridized carbons (Fsp3) is 0.217. The van der Waals surface area contributed by atoms with Crippen LogP contribution in [0, 0.1) is 6.92 Å². The SMILES string of the molecule is Cc1cccc(NC(=O)c2ccnc(Nc3ccc(N4CCCC4)cc3)c2)c1. The number of benzene rings is 2. The summed E-state index contributed by atoms with van der Waals surface area (Å²) in [4.78, 5) is 19.3. The Morgan fingerprint density at radius 2 is 1.75 bits per heavy atom. The minimum Gasteiger partial charge on any atom is -0.372 e. The third kappa shape index (κ3) is 4.31. The summed E-state index contributed by atoms with van der Waals surface area (Å²) in [5.74, 6) is 0.492. The van der Waals surface area contributed by atoms with Gasteiger partial charge < -0.3 is 15.5 Å². The number of nitrogens with zero attached hydrogens (tertiary/aromatic N) is 2. The van der Waals surface area contributed by atoms with E-state index < -0.39 is 0 Å². The smallest absolute Gasteiger partial charge is 0.255 e. The van der Waals surface area contributed by atoms with Crippen molar-refractivity contribution in [2.24, 2.45) is 0 Å². The highest BCUT2D eigenvalue weighted by Gasteiger charge is 2.12. The van der Waals surface area contributed by atoms with Gasteiger partial charge in [-0.05, 0) is 73.9 Å². The molecule has 0 spiro atoms. The van der Waals surface area contributed by atoms with E-state index in [4.69, 9.17) is 0 Å². The standard InChI is InChI=1S/C23H24N4O/c1-17-5-4-6-20(15-17)26-23(28)18-11-12-24-22(16-18)25-19-7-9-21(10-8-19)27-13-2-3-14-27/h4-12,15-16H,2-3,13-14H2,1H3,(H,24,25)(H,26,28). The van der Waals surface area contributed by atoms with E-state index in [9.17, 15) is 4.79 Å². The van der Waals surface area contributed by atoms with Gasteiger partial charge in [0.25, 0.3) is 5.91 Å². The Morgan fingerprint density at radius 1 is 0.964 bits per heavy atom. The van der Waals surface area contributed by atoms with Gasteiger partial charge in [0.15, 0.2) is 0 Å². The highest BCUT2D eigenvalue weighted by Crippen LogP contribution is 2.23. The highest BCUT2D eigenvalue weighted by molar-refractivity contribution is 6.04. The van der Waals surface area contributed by atoms with Gasteiger partial charge in [0.1, 0.15) is 5.82 Å². The van der Waals surface area contributed by atoms with Crippen LogP contribution in [-0.4, -0.2) is 24.0 Å². The van der Waals surface area contributed by atoms with Crippen LogP contribution in [0.4, 0.5) is 22.9 Å². The molecule has 0 saturated carbocycles. The van der Waals surface area contributed by atoms with Crippen molar-refractivity contribution in [2.75, 3.05) is 28.6 Å². The second-order valence-electron chi connectivity index (χ2n) is 7.12. The number of aryl methyl sites for hydroxylation is 1. The van der Waals surface area contributed by atoms with E-state index in [1.807, 2.05) is 31.2 Å². The van der Waals surface area contributed by atoms with Crippen LogP contribution >= 0.6 is 0 Å². The van der Waals surface area contributed by atoms with E-state index in [0.29, 0.717) is 11.4 Å². The second-order valence-corrected chi connectivity index (χ2v) is 7.12. The van der Waals surface area contributed by atoms with E-state index in [-0.39, 0.29) is 5.91 Å².